The molecule has 1 fully saturated rings. The third-order valence-corrected chi connectivity index (χ3v) is 5.74. The third-order valence-electron chi connectivity index (χ3n) is 5.74. The van der Waals surface area contributed by atoms with Crippen molar-refractivity contribution < 1.29 is 19.4 Å². The minimum absolute atomic E-state index is 0.00609. The number of hydrogen-bond donors (Lipinski definition) is 2. The number of hydrogen-bond acceptors (Lipinski definition) is 6. The van der Waals surface area contributed by atoms with Crippen molar-refractivity contribution >= 4 is 17.4 Å². The number of aliphatic hydroxyl groups is 1. The van der Waals surface area contributed by atoms with Gasteiger partial charge >= 0.3 is 0 Å². The van der Waals surface area contributed by atoms with E-state index >= 15 is 0 Å². The lowest BCUT2D eigenvalue weighted by Gasteiger charge is -2.35. The number of aliphatic hydroxyl groups excluding tert-OH is 1. The van der Waals surface area contributed by atoms with Gasteiger partial charge < -0.3 is 15.2 Å². The number of nitrogens with zero attached hydrogens (tertiary/aromatic N) is 2. The van der Waals surface area contributed by atoms with Gasteiger partial charge in [0.15, 0.2) is 5.78 Å². The highest BCUT2D eigenvalue weighted by atomic mass is 16.5. The number of carbonyl (C=O) groups excluding carboxylic acids is 2. The molecule has 1 atom stereocenters. The van der Waals surface area contributed by atoms with Gasteiger partial charge in [0.05, 0.1) is 12.1 Å². The van der Waals surface area contributed by atoms with Crippen LogP contribution in [0.5, 0.6) is 5.75 Å². The minimum Gasteiger partial charge on any atom is -0.490 e. The van der Waals surface area contributed by atoms with Crippen molar-refractivity contribution in [3.05, 3.63) is 59.2 Å². The van der Waals surface area contributed by atoms with Crippen LogP contribution in [0.4, 0.5) is 5.69 Å². The maximum atomic E-state index is 12.5. The second kappa shape index (κ2) is 11.2. The molecule has 1 heterocycles. The highest BCUT2D eigenvalue weighted by Gasteiger charge is 2.21. The zero-order chi connectivity index (χ0) is 23.1. The summed E-state index contributed by atoms with van der Waals surface area (Å²) in [7, 11) is 0. The molecule has 1 aliphatic heterocycles. The first kappa shape index (κ1) is 23.9. The van der Waals surface area contributed by atoms with E-state index in [1.807, 2.05) is 38.1 Å². The van der Waals surface area contributed by atoms with E-state index in [-0.39, 0.29) is 18.3 Å². The number of ether oxygens (including phenoxy) is 1. The summed E-state index contributed by atoms with van der Waals surface area (Å²) >= 11 is 0. The predicted molar refractivity (Wildman–Crippen MR) is 125 cm³/mol. The van der Waals surface area contributed by atoms with E-state index in [1.54, 1.807) is 18.2 Å². The Hall–Kier alpha value is -2.74. The number of anilines is 1. The maximum absolute atomic E-state index is 12.5. The van der Waals surface area contributed by atoms with Crippen molar-refractivity contribution in [1.29, 1.82) is 0 Å². The van der Waals surface area contributed by atoms with Gasteiger partial charge in [0.25, 0.3) is 0 Å². The van der Waals surface area contributed by atoms with Crippen molar-refractivity contribution in [2.24, 2.45) is 0 Å². The largest absolute Gasteiger partial charge is 0.490 e. The Bertz CT molecular complexity index is 918. The number of benzene rings is 2. The van der Waals surface area contributed by atoms with Gasteiger partial charge in [-0.15, -0.1) is 0 Å². The first-order valence-corrected chi connectivity index (χ1v) is 11.0. The van der Waals surface area contributed by atoms with Crippen LogP contribution in [-0.4, -0.2) is 78.6 Å². The highest BCUT2D eigenvalue weighted by molar-refractivity contribution is 5.96. The second-order valence-corrected chi connectivity index (χ2v) is 8.41. The van der Waals surface area contributed by atoms with Crippen LogP contribution < -0.4 is 10.1 Å². The molecule has 0 saturated carbocycles. The van der Waals surface area contributed by atoms with Gasteiger partial charge in [-0.1, -0.05) is 30.3 Å². The fourth-order valence-electron chi connectivity index (χ4n) is 3.94. The van der Waals surface area contributed by atoms with Crippen molar-refractivity contribution in [1.82, 2.24) is 9.80 Å². The molecular weight excluding hydrogens is 406 g/mol. The van der Waals surface area contributed by atoms with Crippen LogP contribution >= 0.6 is 0 Å². The number of amides is 1. The summed E-state index contributed by atoms with van der Waals surface area (Å²) < 4.78 is 5.69. The number of piperazine rings is 1. The zero-order valence-electron chi connectivity index (χ0n) is 19.1. The van der Waals surface area contributed by atoms with Crippen LogP contribution in [0, 0.1) is 13.8 Å². The summed E-state index contributed by atoms with van der Waals surface area (Å²) in [5.41, 5.74) is 3.54. The van der Waals surface area contributed by atoms with E-state index in [1.165, 1.54) is 6.92 Å². The smallest absolute Gasteiger partial charge is 0.238 e. The molecule has 3 rings (SSSR count). The van der Waals surface area contributed by atoms with E-state index in [2.05, 4.69) is 15.1 Å². The lowest BCUT2D eigenvalue weighted by Crippen LogP contribution is -2.50. The summed E-state index contributed by atoms with van der Waals surface area (Å²) in [6.45, 7) is 9.55. The Morgan fingerprint density at radius 1 is 1.00 bits per heavy atom. The van der Waals surface area contributed by atoms with Gasteiger partial charge in [-0.05, 0) is 44.0 Å². The molecule has 0 bridgehead atoms. The van der Waals surface area contributed by atoms with Crippen LogP contribution in [0.1, 0.15) is 28.4 Å². The quantitative estimate of drug-likeness (QED) is 0.585. The van der Waals surface area contributed by atoms with Crippen LogP contribution in [0.25, 0.3) is 0 Å². The Morgan fingerprint density at radius 3 is 2.28 bits per heavy atom. The second-order valence-electron chi connectivity index (χ2n) is 8.41. The number of Topliss-reactive ketones (excluding diaryl/α,β-unsaturated/α-hetero) is 1. The third kappa shape index (κ3) is 6.63. The summed E-state index contributed by atoms with van der Waals surface area (Å²) in [4.78, 5) is 28.5. The van der Waals surface area contributed by atoms with Gasteiger partial charge in [-0.25, -0.2) is 0 Å². The van der Waals surface area contributed by atoms with Crippen molar-refractivity contribution in [3.63, 3.8) is 0 Å². The van der Waals surface area contributed by atoms with E-state index < -0.39 is 6.10 Å². The van der Waals surface area contributed by atoms with Crippen LogP contribution in [-0.2, 0) is 4.79 Å². The summed E-state index contributed by atoms with van der Waals surface area (Å²) in [6, 6.07) is 13.0. The predicted octanol–water partition coefficient (Wildman–Crippen LogP) is 2.50. The first-order valence-electron chi connectivity index (χ1n) is 11.0. The van der Waals surface area contributed by atoms with Gasteiger partial charge in [0.1, 0.15) is 18.5 Å². The number of β-amino-alcohol motifs (C(OH)–C–C–N with tert-alkyl or cyclic N) is 1. The average Bonchev–Trinajstić information content (AvgIpc) is 2.76. The Labute approximate surface area is 190 Å². The number of para-hydroxylation sites is 2. The molecule has 2 aromatic carbocycles. The molecule has 0 aromatic heterocycles. The number of rotatable bonds is 9. The first-order chi connectivity index (χ1) is 15.3. The Morgan fingerprint density at radius 2 is 1.62 bits per heavy atom. The van der Waals surface area contributed by atoms with Crippen molar-refractivity contribution in [2.45, 2.75) is 26.9 Å². The molecule has 2 N–H and O–H groups in total. The molecule has 1 amide bonds. The van der Waals surface area contributed by atoms with Crippen molar-refractivity contribution in [3.8, 4) is 5.75 Å². The minimum atomic E-state index is -0.658. The Kier molecular flexibility index (Phi) is 8.39. The van der Waals surface area contributed by atoms with Crippen LogP contribution in [0.3, 0.4) is 0 Å². The summed E-state index contributed by atoms with van der Waals surface area (Å²) in [6.07, 6.45) is -0.658. The molecule has 1 saturated heterocycles. The highest BCUT2D eigenvalue weighted by Crippen LogP contribution is 2.20. The van der Waals surface area contributed by atoms with Gasteiger partial charge in [-0.3, -0.25) is 19.4 Å². The number of ketones is 1. The van der Waals surface area contributed by atoms with E-state index in [0.29, 0.717) is 24.4 Å². The lowest BCUT2D eigenvalue weighted by molar-refractivity contribution is -0.117. The van der Waals surface area contributed by atoms with E-state index in [0.717, 1.165) is 43.0 Å². The monoisotopic (exact) mass is 439 g/mol. The molecule has 172 valence electrons. The lowest BCUT2D eigenvalue weighted by atomic mass is 10.1. The molecule has 1 unspecified atom stereocenters. The summed E-state index contributed by atoms with van der Waals surface area (Å²) in [5, 5.41) is 13.4. The van der Waals surface area contributed by atoms with Crippen LogP contribution in [0.15, 0.2) is 42.5 Å². The molecule has 0 aliphatic carbocycles. The zero-order valence-corrected chi connectivity index (χ0v) is 19.1. The molecule has 1 aliphatic rings. The molecule has 32 heavy (non-hydrogen) atoms. The average molecular weight is 440 g/mol. The normalized spacial score (nSPS) is 15.9. The Balaban J connectivity index is 1.40. The van der Waals surface area contributed by atoms with Crippen molar-refractivity contribution in [2.75, 3.05) is 51.2 Å². The number of carbonyl (C=O) groups is 2. The SMILES string of the molecule is CC(=O)c1ccccc1OCC(O)CN1CCN(CC(=O)Nc2c(C)cccc2C)CC1. The van der Waals surface area contributed by atoms with Crippen LogP contribution in [0.2, 0.25) is 0 Å². The number of nitrogens with one attached hydrogen (secondary N) is 1. The number of aryl methyl sites for hydroxylation is 2. The molecule has 7 nitrogen and oxygen atoms in total. The molecule has 0 radical (unpaired) electrons. The fraction of sp³-hybridized carbons (Fsp3) is 0.440. The molecule has 7 heteroatoms. The van der Waals surface area contributed by atoms with Gasteiger partial charge in [0, 0.05) is 38.4 Å². The molecule has 2 aromatic rings. The topological polar surface area (TPSA) is 82.1 Å². The van der Waals surface area contributed by atoms with E-state index in [9.17, 15) is 14.7 Å². The van der Waals surface area contributed by atoms with Gasteiger partial charge in [0.2, 0.25) is 5.91 Å². The molecule has 0 spiro atoms. The maximum Gasteiger partial charge on any atom is 0.238 e. The van der Waals surface area contributed by atoms with Gasteiger partial charge in [-0.2, -0.15) is 0 Å². The fourth-order valence-corrected chi connectivity index (χ4v) is 3.94. The standard InChI is InChI=1S/C25H33N3O4/c1-18-7-6-8-19(2)25(18)26-24(31)16-28-13-11-27(12-14-28)15-21(30)17-32-23-10-5-4-9-22(23)20(3)29/h4-10,21,30H,11-17H2,1-3H3,(H,26,31). The molecular formula is C25H33N3O4. The van der Waals surface area contributed by atoms with E-state index in [4.69, 9.17) is 4.74 Å². The summed E-state index contributed by atoms with van der Waals surface area (Å²) in [5.74, 6) is 0.431.